The molecule has 9 heteroatoms. The summed E-state index contributed by atoms with van der Waals surface area (Å²) in [6.07, 6.45) is 1.72. The van der Waals surface area contributed by atoms with Gasteiger partial charge in [-0.15, -0.1) is 12.4 Å². The third-order valence-corrected chi connectivity index (χ3v) is 3.49. The second kappa shape index (κ2) is 7.57. The summed E-state index contributed by atoms with van der Waals surface area (Å²) in [5.41, 5.74) is 0.968. The van der Waals surface area contributed by atoms with E-state index in [-0.39, 0.29) is 18.4 Å². The Kier molecular flexibility index (Phi) is 6.34. The highest BCUT2D eigenvalue weighted by Crippen LogP contribution is 2.27. The fraction of sp³-hybridized carbons (Fsp3) is 0.385. The van der Waals surface area contributed by atoms with E-state index in [9.17, 15) is 8.42 Å². The van der Waals surface area contributed by atoms with Crippen LogP contribution in [0.3, 0.4) is 0 Å². The van der Waals surface area contributed by atoms with Crippen LogP contribution < -0.4 is 10.0 Å². The molecule has 122 valence electrons. The molecule has 0 fully saturated rings. The number of hydrogen-bond acceptors (Lipinski definition) is 6. The topological polar surface area (TPSA) is 97.1 Å². The van der Waals surface area contributed by atoms with Crippen molar-refractivity contribution in [3.05, 3.63) is 30.1 Å². The van der Waals surface area contributed by atoms with Crippen LogP contribution >= 0.6 is 12.4 Å². The standard InChI is InChI=1S/C13H18N4O3S.ClH/c1-9(14-2)8-12-15-13(20-16-12)10-6-4-5-7-11(10)17-21(3,18)19;/h4-7,9,14,17H,8H2,1-3H3;1H. The molecule has 1 heterocycles. The van der Waals surface area contributed by atoms with Gasteiger partial charge in [0, 0.05) is 12.5 Å². The normalized spacial score (nSPS) is 12.5. The Morgan fingerprint density at radius 3 is 2.64 bits per heavy atom. The van der Waals surface area contributed by atoms with Crippen LogP contribution in [0.4, 0.5) is 5.69 Å². The number of likely N-dealkylation sites (N-methyl/N-ethyl adjacent to an activating group) is 1. The summed E-state index contributed by atoms with van der Waals surface area (Å²) >= 11 is 0. The lowest BCUT2D eigenvalue weighted by atomic mass is 10.2. The Bertz CT molecular complexity index is 718. The maximum Gasteiger partial charge on any atom is 0.260 e. The van der Waals surface area contributed by atoms with Crippen LogP contribution in [0.5, 0.6) is 0 Å². The SMILES string of the molecule is CNC(C)Cc1noc(-c2ccccc2NS(C)(=O)=O)n1.Cl. The second-order valence-electron chi connectivity index (χ2n) is 4.83. The highest BCUT2D eigenvalue weighted by Gasteiger charge is 2.15. The molecule has 0 amide bonds. The van der Waals surface area contributed by atoms with Crippen LogP contribution in [0.25, 0.3) is 11.5 Å². The number of aromatic nitrogens is 2. The van der Waals surface area contributed by atoms with E-state index in [1.54, 1.807) is 24.3 Å². The Hall–Kier alpha value is -1.64. The van der Waals surface area contributed by atoms with Crippen molar-refractivity contribution in [2.45, 2.75) is 19.4 Å². The molecule has 1 atom stereocenters. The summed E-state index contributed by atoms with van der Waals surface area (Å²) < 4.78 is 30.4. The molecule has 0 aliphatic rings. The molecular formula is C13H19ClN4O3S. The maximum atomic E-state index is 11.4. The molecule has 0 saturated heterocycles. The number of nitrogens with one attached hydrogen (secondary N) is 2. The van der Waals surface area contributed by atoms with Gasteiger partial charge in [0.05, 0.1) is 17.5 Å². The Morgan fingerprint density at radius 1 is 1.32 bits per heavy atom. The fourth-order valence-corrected chi connectivity index (χ4v) is 2.36. The zero-order valence-electron chi connectivity index (χ0n) is 12.5. The predicted octanol–water partition coefficient (Wildman–Crippen LogP) is 1.68. The number of sulfonamides is 1. The highest BCUT2D eigenvalue weighted by atomic mass is 35.5. The lowest BCUT2D eigenvalue weighted by Gasteiger charge is -2.07. The first-order chi connectivity index (χ1) is 9.89. The van der Waals surface area contributed by atoms with Crippen LogP contribution in [0, 0.1) is 0 Å². The van der Waals surface area contributed by atoms with Crippen molar-refractivity contribution in [2.75, 3.05) is 18.0 Å². The van der Waals surface area contributed by atoms with Crippen LogP contribution in [-0.4, -0.2) is 37.9 Å². The smallest absolute Gasteiger partial charge is 0.260 e. The first-order valence-electron chi connectivity index (χ1n) is 6.46. The van der Waals surface area contributed by atoms with Crippen LogP contribution in [0.2, 0.25) is 0 Å². The maximum absolute atomic E-state index is 11.4. The van der Waals surface area contributed by atoms with E-state index >= 15 is 0 Å². The van der Waals surface area contributed by atoms with Crippen LogP contribution in [0.1, 0.15) is 12.7 Å². The average molecular weight is 347 g/mol. The lowest BCUT2D eigenvalue weighted by Crippen LogP contribution is -2.24. The molecule has 2 rings (SSSR count). The molecule has 0 aliphatic heterocycles. The largest absolute Gasteiger partial charge is 0.334 e. The molecule has 0 saturated carbocycles. The molecule has 0 spiro atoms. The van der Waals surface area contributed by atoms with Crippen molar-refractivity contribution in [3.63, 3.8) is 0 Å². The monoisotopic (exact) mass is 346 g/mol. The molecule has 22 heavy (non-hydrogen) atoms. The summed E-state index contributed by atoms with van der Waals surface area (Å²) in [5, 5.41) is 7.01. The average Bonchev–Trinajstić information content (AvgIpc) is 2.85. The number of hydrogen-bond donors (Lipinski definition) is 2. The number of anilines is 1. The van der Waals surface area contributed by atoms with E-state index in [0.717, 1.165) is 6.26 Å². The zero-order valence-corrected chi connectivity index (χ0v) is 14.2. The molecule has 0 bridgehead atoms. The van der Waals surface area contributed by atoms with Crippen molar-refractivity contribution in [1.29, 1.82) is 0 Å². The minimum atomic E-state index is -3.37. The molecule has 2 aromatic rings. The molecule has 7 nitrogen and oxygen atoms in total. The first kappa shape index (κ1) is 18.4. The van der Waals surface area contributed by atoms with Gasteiger partial charge in [-0.25, -0.2) is 8.42 Å². The lowest BCUT2D eigenvalue weighted by molar-refractivity contribution is 0.418. The predicted molar refractivity (Wildman–Crippen MR) is 87.7 cm³/mol. The summed E-state index contributed by atoms with van der Waals surface area (Å²) in [4.78, 5) is 4.31. The van der Waals surface area contributed by atoms with Crippen LogP contribution in [0.15, 0.2) is 28.8 Å². The molecular weight excluding hydrogens is 328 g/mol. The van der Waals surface area contributed by atoms with E-state index in [2.05, 4.69) is 20.2 Å². The van der Waals surface area contributed by atoms with E-state index in [0.29, 0.717) is 29.4 Å². The minimum Gasteiger partial charge on any atom is -0.334 e. The van der Waals surface area contributed by atoms with Gasteiger partial charge in [-0.1, -0.05) is 17.3 Å². The van der Waals surface area contributed by atoms with Gasteiger partial charge in [-0.3, -0.25) is 4.72 Å². The zero-order chi connectivity index (χ0) is 15.5. The van der Waals surface area contributed by atoms with Gasteiger partial charge in [0.15, 0.2) is 5.82 Å². The minimum absolute atomic E-state index is 0. The van der Waals surface area contributed by atoms with Gasteiger partial charge >= 0.3 is 0 Å². The molecule has 2 N–H and O–H groups in total. The van der Waals surface area contributed by atoms with Crippen molar-refractivity contribution < 1.29 is 12.9 Å². The number of benzene rings is 1. The van der Waals surface area contributed by atoms with Gasteiger partial charge in [-0.05, 0) is 26.1 Å². The highest BCUT2D eigenvalue weighted by molar-refractivity contribution is 7.92. The third-order valence-electron chi connectivity index (χ3n) is 2.90. The Labute approximate surface area is 136 Å². The number of halogens is 1. The van der Waals surface area contributed by atoms with E-state index in [1.165, 1.54) is 0 Å². The molecule has 0 aliphatic carbocycles. The van der Waals surface area contributed by atoms with Crippen molar-refractivity contribution in [3.8, 4) is 11.5 Å². The summed E-state index contributed by atoms with van der Waals surface area (Å²) in [5.74, 6) is 0.862. The molecule has 1 aromatic carbocycles. The van der Waals surface area contributed by atoms with Gasteiger partial charge in [0.25, 0.3) is 5.89 Å². The van der Waals surface area contributed by atoms with Gasteiger partial charge in [0.2, 0.25) is 10.0 Å². The molecule has 1 aromatic heterocycles. The summed E-state index contributed by atoms with van der Waals surface area (Å²) in [6.45, 7) is 2.01. The molecule has 1 unspecified atom stereocenters. The van der Waals surface area contributed by atoms with E-state index in [1.807, 2.05) is 14.0 Å². The van der Waals surface area contributed by atoms with E-state index < -0.39 is 10.0 Å². The fourth-order valence-electron chi connectivity index (χ4n) is 1.78. The second-order valence-corrected chi connectivity index (χ2v) is 6.58. The van der Waals surface area contributed by atoms with Crippen LogP contribution in [-0.2, 0) is 16.4 Å². The third kappa shape index (κ3) is 4.97. The summed E-state index contributed by atoms with van der Waals surface area (Å²) in [7, 11) is -1.52. The van der Waals surface area contributed by atoms with Crippen molar-refractivity contribution in [1.82, 2.24) is 15.5 Å². The van der Waals surface area contributed by atoms with Crippen molar-refractivity contribution >= 4 is 28.1 Å². The number of nitrogens with zero attached hydrogens (tertiary/aromatic N) is 2. The van der Waals surface area contributed by atoms with Gasteiger partial charge < -0.3 is 9.84 Å². The first-order valence-corrected chi connectivity index (χ1v) is 8.35. The quantitative estimate of drug-likeness (QED) is 0.826. The molecule has 0 radical (unpaired) electrons. The van der Waals surface area contributed by atoms with Crippen molar-refractivity contribution in [2.24, 2.45) is 0 Å². The van der Waals surface area contributed by atoms with E-state index in [4.69, 9.17) is 4.52 Å². The Balaban J connectivity index is 0.00000242. The number of rotatable bonds is 6. The Morgan fingerprint density at radius 2 is 2.00 bits per heavy atom. The van der Waals surface area contributed by atoms with Gasteiger partial charge in [0.1, 0.15) is 0 Å². The summed E-state index contributed by atoms with van der Waals surface area (Å²) in [6, 6.07) is 7.11. The van der Waals surface area contributed by atoms with Gasteiger partial charge in [-0.2, -0.15) is 4.98 Å². The number of para-hydroxylation sites is 1.